The van der Waals surface area contributed by atoms with E-state index < -0.39 is 11.6 Å². The van der Waals surface area contributed by atoms with Crippen LogP contribution < -0.4 is 4.74 Å². The van der Waals surface area contributed by atoms with Gasteiger partial charge in [0, 0.05) is 17.4 Å². The van der Waals surface area contributed by atoms with E-state index in [1.807, 2.05) is 0 Å². The van der Waals surface area contributed by atoms with E-state index in [9.17, 15) is 8.78 Å². The monoisotopic (exact) mass is 330 g/mol. The van der Waals surface area contributed by atoms with Gasteiger partial charge in [0.2, 0.25) is 5.82 Å². The van der Waals surface area contributed by atoms with Crippen LogP contribution in [0.1, 0.15) is 19.3 Å². The average molecular weight is 330 g/mol. The molecule has 124 valence electrons. The van der Waals surface area contributed by atoms with Gasteiger partial charge in [-0.1, -0.05) is 12.1 Å². The van der Waals surface area contributed by atoms with E-state index in [1.54, 1.807) is 36.4 Å². The predicted molar refractivity (Wildman–Crippen MR) is 85.8 cm³/mol. The third kappa shape index (κ3) is 2.76. The normalized spacial score (nSPS) is 18.0. The van der Waals surface area contributed by atoms with Crippen molar-refractivity contribution in [1.29, 1.82) is 0 Å². The lowest BCUT2D eigenvalue weighted by Gasteiger charge is -2.23. The topological polar surface area (TPSA) is 31.6 Å². The average Bonchev–Trinajstić information content (AvgIpc) is 3.09. The SMILES string of the molecule is Fc1c(-c2ccc(OC3CCCCO3)cc2)cc2ccoc2c1F. The highest BCUT2D eigenvalue weighted by Gasteiger charge is 2.18. The summed E-state index contributed by atoms with van der Waals surface area (Å²) in [6.07, 6.45) is 4.11. The van der Waals surface area contributed by atoms with Crippen LogP contribution in [0, 0.1) is 11.6 Å². The molecule has 1 aliphatic rings. The number of rotatable bonds is 3. The summed E-state index contributed by atoms with van der Waals surface area (Å²) in [5, 5.41) is 0.528. The zero-order valence-corrected chi connectivity index (χ0v) is 12.9. The van der Waals surface area contributed by atoms with Crippen molar-refractivity contribution in [2.45, 2.75) is 25.6 Å². The van der Waals surface area contributed by atoms with Crippen molar-refractivity contribution in [2.75, 3.05) is 6.61 Å². The molecule has 1 aromatic heterocycles. The van der Waals surface area contributed by atoms with Gasteiger partial charge in [0.25, 0.3) is 0 Å². The number of furan rings is 1. The zero-order valence-electron chi connectivity index (χ0n) is 12.9. The minimum atomic E-state index is -0.969. The summed E-state index contributed by atoms with van der Waals surface area (Å²) in [7, 11) is 0. The van der Waals surface area contributed by atoms with Crippen molar-refractivity contribution in [3.8, 4) is 16.9 Å². The molecule has 2 heterocycles. The van der Waals surface area contributed by atoms with E-state index in [2.05, 4.69) is 0 Å². The van der Waals surface area contributed by atoms with Gasteiger partial charge in [-0.05, 0) is 42.7 Å². The van der Waals surface area contributed by atoms with Crippen LogP contribution in [0.15, 0.2) is 47.1 Å². The Labute approximate surface area is 137 Å². The van der Waals surface area contributed by atoms with Gasteiger partial charge < -0.3 is 13.9 Å². The van der Waals surface area contributed by atoms with Crippen LogP contribution >= 0.6 is 0 Å². The molecule has 0 saturated carbocycles. The summed E-state index contributed by atoms with van der Waals surface area (Å²) < 4.78 is 44.6. The van der Waals surface area contributed by atoms with Crippen LogP contribution in [0.25, 0.3) is 22.1 Å². The molecule has 5 heteroatoms. The van der Waals surface area contributed by atoms with E-state index in [-0.39, 0.29) is 17.4 Å². The lowest BCUT2D eigenvalue weighted by molar-refractivity contribution is -0.105. The molecular weight excluding hydrogens is 314 g/mol. The first-order valence-electron chi connectivity index (χ1n) is 7.96. The highest BCUT2D eigenvalue weighted by molar-refractivity contribution is 5.84. The molecule has 0 radical (unpaired) electrons. The fourth-order valence-corrected chi connectivity index (χ4v) is 2.93. The van der Waals surface area contributed by atoms with Crippen LogP contribution in [0.2, 0.25) is 0 Å². The Morgan fingerprint density at radius 2 is 1.83 bits per heavy atom. The van der Waals surface area contributed by atoms with Gasteiger partial charge in [0.15, 0.2) is 17.7 Å². The Hall–Kier alpha value is -2.40. The number of hydrogen-bond donors (Lipinski definition) is 0. The Balaban J connectivity index is 1.61. The van der Waals surface area contributed by atoms with Gasteiger partial charge in [-0.15, -0.1) is 0 Å². The second kappa shape index (κ2) is 6.24. The first-order valence-corrected chi connectivity index (χ1v) is 7.96. The molecule has 24 heavy (non-hydrogen) atoms. The van der Waals surface area contributed by atoms with Crippen LogP contribution in [0.3, 0.4) is 0 Å². The lowest BCUT2D eigenvalue weighted by atomic mass is 10.0. The van der Waals surface area contributed by atoms with Gasteiger partial charge in [-0.25, -0.2) is 4.39 Å². The van der Waals surface area contributed by atoms with Crippen molar-refractivity contribution in [3.05, 3.63) is 54.3 Å². The summed E-state index contributed by atoms with van der Waals surface area (Å²) in [5.74, 6) is -1.24. The van der Waals surface area contributed by atoms with Crippen LogP contribution in [0.4, 0.5) is 8.78 Å². The third-order valence-electron chi connectivity index (χ3n) is 4.19. The second-order valence-electron chi connectivity index (χ2n) is 5.83. The lowest BCUT2D eigenvalue weighted by Crippen LogP contribution is -2.24. The van der Waals surface area contributed by atoms with E-state index in [4.69, 9.17) is 13.9 Å². The number of benzene rings is 2. The van der Waals surface area contributed by atoms with Crippen molar-refractivity contribution in [1.82, 2.24) is 0 Å². The fraction of sp³-hybridized carbons (Fsp3) is 0.263. The minimum absolute atomic E-state index is 0.0642. The third-order valence-corrected chi connectivity index (χ3v) is 4.19. The van der Waals surface area contributed by atoms with Crippen molar-refractivity contribution < 1.29 is 22.7 Å². The maximum Gasteiger partial charge on any atom is 0.202 e. The quantitative estimate of drug-likeness (QED) is 0.654. The largest absolute Gasteiger partial charge is 0.465 e. The molecule has 1 aliphatic heterocycles. The molecule has 4 rings (SSSR count). The maximum atomic E-state index is 14.3. The Morgan fingerprint density at radius 3 is 2.58 bits per heavy atom. The highest BCUT2D eigenvalue weighted by Crippen LogP contribution is 2.32. The highest BCUT2D eigenvalue weighted by atomic mass is 19.2. The summed E-state index contributed by atoms with van der Waals surface area (Å²) >= 11 is 0. The fourth-order valence-electron chi connectivity index (χ4n) is 2.93. The molecule has 0 bridgehead atoms. The Morgan fingerprint density at radius 1 is 1.00 bits per heavy atom. The molecule has 1 atom stereocenters. The number of ether oxygens (including phenoxy) is 2. The molecule has 0 amide bonds. The molecule has 0 N–H and O–H groups in total. The molecular formula is C19H16F2O3. The first kappa shape index (κ1) is 15.1. The summed E-state index contributed by atoms with van der Waals surface area (Å²) in [5.41, 5.74) is 0.707. The summed E-state index contributed by atoms with van der Waals surface area (Å²) in [6.45, 7) is 0.706. The first-order chi connectivity index (χ1) is 11.7. The van der Waals surface area contributed by atoms with E-state index in [0.717, 1.165) is 19.3 Å². The molecule has 1 unspecified atom stereocenters. The van der Waals surface area contributed by atoms with Gasteiger partial charge in [0.05, 0.1) is 12.9 Å². The number of halogens is 2. The van der Waals surface area contributed by atoms with E-state index >= 15 is 0 Å². The molecule has 3 aromatic rings. The smallest absolute Gasteiger partial charge is 0.202 e. The van der Waals surface area contributed by atoms with Gasteiger partial charge in [-0.3, -0.25) is 0 Å². The molecule has 0 spiro atoms. The summed E-state index contributed by atoms with van der Waals surface area (Å²) in [4.78, 5) is 0. The van der Waals surface area contributed by atoms with Crippen molar-refractivity contribution >= 4 is 11.0 Å². The second-order valence-corrected chi connectivity index (χ2v) is 5.83. The van der Waals surface area contributed by atoms with Crippen molar-refractivity contribution in [3.63, 3.8) is 0 Å². The Bertz CT molecular complexity index is 849. The van der Waals surface area contributed by atoms with Crippen LogP contribution in [-0.4, -0.2) is 12.9 Å². The predicted octanol–water partition coefficient (Wildman–Crippen LogP) is 5.28. The van der Waals surface area contributed by atoms with E-state index in [1.165, 1.54) is 6.26 Å². The van der Waals surface area contributed by atoms with Gasteiger partial charge in [-0.2, -0.15) is 4.39 Å². The zero-order chi connectivity index (χ0) is 16.5. The number of fused-ring (bicyclic) bond motifs is 1. The van der Waals surface area contributed by atoms with Crippen LogP contribution in [-0.2, 0) is 4.74 Å². The minimum Gasteiger partial charge on any atom is -0.465 e. The number of hydrogen-bond acceptors (Lipinski definition) is 3. The molecule has 1 saturated heterocycles. The maximum absolute atomic E-state index is 14.3. The van der Waals surface area contributed by atoms with Crippen molar-refractivity contribution in [2.24, 2.45) is 0 Å². The van der Waals surface area contributed by atoms with Gasteiger partial charge in [0.1, 0.15) is 5.75 Å². The molecule has 3 nitrogen and oxygen atoms in total. The Kier molecular flexibility index (Phi) is 3.94. The molecule has 2 aromatic carbocycles. The van der Waals surface area contributed by atoms with E-state index in [0.29, 0.717) is 23.3 Å². The van der Waals surface area contributed by atoms with Gasteiger partial charge >= 0.3 is 0 Å². The standard InChI is InChI=1S/C19H16F2O3/c20-17-15(11-13-8-10-23-19(13)18(17)21)12-4-6-14(7-5-12)24-16-3-1-2-9-22-16/h4-8,10-11,16H,1-3,9H2. The van der Waals surface area contributed by atoms with Crippen LogP contribution in [0.5, 0.6) is 5.75 Å². The molecule has 0 aliphatic carbocycles. The summed E-state index contributed by atoms with van der Waals surface area (Å²) in [6, 6.07) is 10.1. The molecule has 1 fully saturated rings.